The Labute approximate surface area is 120 Å². The zero-order chi connectivity index (χ0) is 13.9. The lowest BCUT2D eigenvalue weighted by atomic mass is 10.1. The summed E-state index contributed by atoms with van der Waals surface area (Å²) in [5.74, 6) is 1.01. The molecule has 3 nitrogen and oxygen atoms in total. The van der Waals surface area contributed by atoms with Crippen molar-refractivity contribution in [2.24, 2.45) is 0 Å². The molecule has 1 aliphatic heterocycles. The lowest BCUT2D eigenvalue weighted by Crippen LogP contribution is -2.29. The Kier molecular flexibility index (Phi) is 4.08. The number of para-hydroxylation sites is 1. The number of benzene rings is 1. The monoisotopic (exact) mass is 273 g/mol. The van der Waals surface area contributed by atoms with Crippen molar-refractivity contribution in [3.8, 4) is 0 Å². The minimum Gasteiger partial charge on any atom is -0.458 e. The molecule has 2 atom stereocenters. The first-order chi connectivity index (χ1) is 9.83. The summed E-state index contributed by atoms with van der Waals surface area (Å²) in [6.45, 7) is 6.04. The zero-order valence-corrected chi connectivity index (χ0v) is 12.3. The largest absolute Gasteiger partial charge is 0.458 e. The normalized spacial score (nSPS) is 23.9. The Balaban J connectivity index is 1.93. The van der Waals surface area contributed by atoms with Crippen molar-refractivity contribution in [3.05, 3.63) is 35.6 Å². The number of hydrogen-bond acceptors (Lipinski definition) is 3. The second-order valence-corrected chi connectivity index (χ2v) is 5.46. The first-order valence-corrected chi connectivity index (χ1v) is 7.68. The van der Waals surface area contributed by atoms with Crippen molar-refractivity contribution in [1.29, 1.82) is 0 Å². The molecule has 0 aliphatic carbocycles. The molecule has 2 aromatic rings. The molecule has 2 unspecified atom stereocenters. The molecule has 0 spiro atoms. The standard InChI is InChI=1S/C17H23NO2/c1-3-12-9-10-19-16(11-18-12)17-13(4-2)14-7-5-6-8-15(14)20-17/h5-8,12,16,18H,3-4,9-11H2,1-2H3. The van der Waals surface area contributed by atoms with Gasteiger partial charge in [-0.3, -0.25) is 0 Å². The number of furan rings is 1. The summed E-state index contributed by atoms with van der Waals surface area (Å²) in [7, 11) is 0. The Morgan fingerprint density at radius 2 is 2.10 bits per heavy atom. The molecule has 2 heterocycles. The maximum absolute atomic E-state index is 6.09. The van der Waals surface area contributed by atoms with E-state index in [9.17, 15) is 0 Å². The number of hydrogen-bond donors (Lipinski definition) is 1. The van der Waals surface area contributed by atoms with E-state index >= 15 is 0 Å². The minimum absolute atomic E-state index is 0.0360. The first kappa shape index (κ1) is 13.7. The summed E-state index contributed by atoms with van der Waals surface area (Å²) in [4.78, 5) is 0. The maximum atomic E-state index is 6.09. The molecule has 1 aliphatic rings. The van der Waals surface area contributed by atoms with Gasteiger partial charge in [0.05, 0.1) is 0 Å². The fourth-order valence-electron chi connectivity index (χ4n) is 3.05. The molecular formula is C17H23NO2. The van der Waals surface area contributed by atoms with Gasteiger partial charge in [0.2, 0.25) is 0 Å². The van der Waals surface area contributed by atoms with Crippen LogP contribution in [0.25, 0.3) is 11.0 Å². The van der Waals surface area contributed by atoms with Gasteiger partial charge in [-0.15, -0.1) is 0 Å². The van der Waals surface area contributed by atoms with Gasteiger partial charge in [0.15, 0.2) is 0 Å². The van der Waals surface area contributed by atoms with Crippen LogP contribution in [-0.2, 0) is 11.2 Å². The van der Waals surface area contributed by atoms with Crippen LogP contribution in [0.3, 0.4) is 0 Å². The van der Waals surface area contributed by atoms with Gasteiger partial charge in [-0.2, -0.15) is 0 Å². The maximum Gasteiger partial charge on any atom is 0.138 e. The fourth-order valence-corrected chi connectivity index (χ4v) is 3.05. The zero-order valence-electron chi connectivity index (χ0n) is 12.3. The summed E-state index contributed by atoms with van der Waals surface area (Å²) in [6.07, 6.45) is 3.24. The van der Waals surface area contributed by atoms with Gasteiger partial charge in [0.25, 0.3) is 0 Å². The number of ether oxygens (including phenoxy) is 1. The van der Waals surface area contributed by atoms with E-state index in [1.54, 1.807) is 0 Å². The Morgan fingerprint density at radius 1 is 1.25 bits per heavy atom. The fraction of sp³-hybridized carbons (Fsp3) is 0.529. The predicted octanol–water partition coefficient (Wildman–Crippen LogP) is 3.82. The molecule has 3 heteroatoms. The molecule has 0 bridgehead atoms. The molecule has 1 fully saturated rings. The molecule has 1 N–H and O–H groups in total. The number of nitrogens with one attached hydrogen (secondary N) is 1. The SMILES string of the molecule is CCc1c(C2CNC(CC)CCO2)oc2ccccc12. The van der Waals surface area contributed by atoms with Crippen molar-refractivity contribution in [3.63, 3.8) is 0 Å². The molecule has 0 saturated carbocycles. The molecule has 1 saturated heterocycles. The van der Waals surface area contributed by atoms with Gasteiger partial charge < -0.3 is 14.5 Å². The average Bonchev–Trinajstić information content (AvgIpc) is 2.69. The van der Waals surface area contributed by atoms with E-state index in [0.29, 0.717) is 6.04 Å². The van der Waals surface area contributed by atoms with Crippen LogP contribution < -0.4 is 5.32 Å². The molecule has 108 valence electrons. The van der Waals surface area contributed by atoms with Crippen molar-refractivity contribution in [1.82, 2.24) is 5.32 Å². The van der Waals surface area contributed by atoms with Crippen molar-refractivity contribution in [2.45, 2.75) is 45.3 Å². The lowest BCUT2D eigenvalue weighted by Gasteiger charge is -2.15. The van der Waals surface area contributed by atoms with Crippen LogP contribution >= 0.6 is 0 Å². The highest BCUT2D eigenvalue weighted by atomic mass is 16.5. The van der Waals surface area contributed by atoms with E-state index in [1.165, 1.54) is 10.9 Å². The second kappa shape index (κ2) is 5.98. The van der Waals surface area contributed by atoms with Crippen LogP contribution in [0.4, 0.5) is 0 Å². The highest BCUT2D eigenvalue weighted by Crippen LogP contribution is 2.32. The quantitative estimate of drug-likeness (QED) is 0.923. The summed E-state index contributed by atoms with van der Waals surface area (Å²) in [6, 6.07) is 8.83. The predicted molar refractivity (Wildman–Crippen MR) is 81.0 cm³/mol. The molecule has 3 rings (SSSR count). The van der Waals surface area contributed by atoms with Crippen LogP contribution in [0.5, 0.6) is 0 Å². The summed E-state index contributed by atoms with van der Waals surface area (Å²) < 4.78 is 12.1. The van der Waals surface area contributed by atoms with Crippen molar-refractivity contribution < 1.29 is 9.15 Å². The van der Waals surface area contributed by atoms with Crippen molar-refractivity contribution in [2.75, 3.05) is 13.2 Å². The van der Waals surface area contributed by atoms with E-state index in [1.807, 2.05) is 12.1 Å². The number of fused-ring (bicyclic) bond motifs is 1. The molecule has 0 amide bonds. The summed E-state index contributed by atoms with van der Waals surface area (Å²) in [5.41, 5.74) is 2.27. The third-order valence-electron chi connectivity index (χ3n) is 4.25. The van der Waals surface area contributed by atoms with Gasteiger partial charge in [-0.25, -0.2) is 0 Å². The van der Waals surface area contributed by atoms with Gasteiger partial charge in [-0.05, 0) is 25.3 Å². The van der Waals surface area contributed by atoms with E-state index in [0.717, 1.165) is 43.8 Å². The number of aryl methyl sites for hydroxylation is 1. The van der Waals surface area contributed by atoms with Crippen LogP contribution in [-0.4, -0.2) is 19.2 Å². The Morgan fingerprint density at radius 3 is 2.90 bits per heavy atom. The first-order valence-electron chi connectivity index (χ1n) is 7.68. The van der Waals surface area contributed by atoms with Gasteiger partial charge in [0.1, 0.15) is 17.4 Å². The van der Waals surface area contributed by atoms with Crippen LogP contribution in [0.15, 0.2) is 28.7 Å². The van der Waals surface area contributed by atoms with E-state index in [4.69, 9.17) is 9.15 Å². The Hall–Kier alpha value is -1.32. The minimum atomic E-state index is 0.0360. The Bertz CT molecular complexity index is 575. The molecule has 1 aromatic heterocycles. The average molecular weight is 273 g/mol. The topological polar surface area (TPSA) is 34.4 Å². The molecular weight excluding hydrogens is 250 g/mol. The number of rotatable bonds is 3. The third kappa shape index (κ3) is 2.48. The van der Waals surface area contributed by atoms with Crippen molar-refractivity contribution >= 4 is 11.0 Å². The van der Waals surface area contributed by atoms with Gasteiger partial charge in [-0.1, -0.05) is 32.0 Å². The summed E-state index contributed by atoms with van der Waals surface area (Å²) >= 11 is 0. The molecule has 20 heavy (non-hydrogen) atoms. The molecule has 0 radical (unpaired) electrons. The van der Waals surface area contributed by atoms with E-state index in [-0.39, 0.29) is 6.10 Å². The molecule has 1 aromatic carbocycles. The second-order valence-electron chi connectivity index (χ2n) is 5.46. The van der Waals surface area contributed by atoms with Gasteiger partial charge >= 0.3 is 0 Å². The lowest BCUT2D eigenvalue weighted by molar-refractivity contribution is 0.0513. The highest BCUT2D eigenvalue weighted by molar-refractivity contribution is 5.82. The van der Waals surface area contributed by atoms with Crippen LogP contribution in [0.1, 0.15) is 44.1 Å². The highest BCUT2D eigenvalue weighted by Gasteiger charge is 2.25. The van der Waals surface area contributed by atoms with Crippen LogP contribution in [0.2, 0.25) is 0 Å². The van der Waals surface area contributed by atoms with E-state index < -0.39 is 0 Å². The summed E-state index contributed by atoms with van der Waals surface area (Å²) in [5, 5.41) is 4.82. The van der Waals surface area contributed by atoms with Gasteiger partial charge in [0, 0.05) is 30.1 Å². The van der Waals surface area contributed by atoms with Crippen LogP contribution in [0, 0.1) is 0 Å². The third-order valence-corrected chi connectivity index (χ3v) is 4.25. The van der Waals surface area contributed by atoms with E-state index in [2.05, 4.69) is 31.3 Å². The smallest absolute Gasteiger partial charge is 0.138 e.